The van der Waals surface area contributed by atoms with Gasteiger partial charge in [-0.2, -0.15) is 0 Å². The number of aryl methyl sites for hydroxylation is 2. The molecule has 3 heterocycles. The molecule has 8 nitrogen and oxygen atoms in total. The number of hydrogen-bond acceptors (Lipinski definition) is 7. The van der Waals surface area contributed by atoms with Gasteiger partial charge in [-0.1, -0.05) is 29.1 Å². The standard InChI is InChI=1S/C21H19N5O3S/c1-13-7-9-22-18(11-13)26-20(28)15-5-3-4-6-16(15)23-21(26)30-10-8-19(27)24-17-12-14(2)29-25-17/h3-7,9,11-12H,8,10H2,1-2H3,(H,24,25,27). The number of anilines is 1. The van der Waals surface area contributed by atoms with E-state index in [-0.39, 0.29) is 17.9 Å². The number of thioether (sulfide) groups is 1. The number of benzene rings is 1. The highest BCUT2D eigenvalue weighted by atomic mass is 32.2. The average molecular weight is 421 g/mol. The Kier molecular flexibility index (Phi) is 5.62. The van der Waals surface area contributed by atoms with Crippen molar-refractivity contribution in [2.45, 2.75) is 25.4 Å². The normalized spacial score (nSPS) is 11.0. The molecule has 4 aromatic rings. The summed E-state index contributed by atoms with van der Waals surface area (Å²) in [6, 6.07) is 12.5. The number of nitrogens with zero attached hydrogens (tertiary/aromatic N) is 4. The number of amides is 1. The lowest BCUT2D eigenvalue weighted by Crippen LogP contribution is -2.23. The van der Waals surface area contributed by atoms with Crippen molar-refractivity contribution in [3.05, 3.63) is 70.3 Å². The van der Waals surface area contributed by atoms with Crippen LogP contribution in [0.5, 0.6) is 0 Å². The molecule has 0 saturated heterocycles. The number of carbonyl (C=O) groups excluding carboxylic acids is 1. The molecule has 0 fully saturated rings. The Morgan fingerprint density at radius 1 is 1.20 bits per heavy atom. The van der Waals surface area contributed by atoms with E-state index in [1.165, 1.54) is 16.3 Å². The molecule has 0 saturated carbocycles. The van der Waals surface area contributed by atoms with Crippen molar-refractivity contribution in [1.82, 2.24) is 19.7 Å². The molecule has 0 aliphatic rings. The number of carbonyl (C=O) groups is 1. The minimum absolute atomic E-state index is 0.191. The van der Waals surface area contributed by atoms with Crippen LogP contribution in [0.15, 0.2) is 63.1 Å². The Morgan fingerprint density at radius 2 is 2.03 bits per heavy atom. The van der Waals surface area contributed by atoms with Crippen LogP contribution in [0.2, 0.25) is 0 Å². The lowest BCUT2D eigenvalue weighted by molar-refractivity contribution is -0.115. The lowest BCUT2D eigenvalue weighted by atomic mass is 10.2. The monoisotopic (exact) mass is 421 g/mol. The molecule has 9 heteroatoms. The number of aromatic nitrogens is 4. The van der Waals surface area contributed by atoms with Gasteiger partial charge in [0, 0.05) is 24.4 Å². The molecule has 152 valence electrons. The van der Waals surface area contributed by atoms with Gasteiger partial charge < -0.3 is 9.84 Å². The summed E-state index contributed by atoms with van der Waals surface area (Å²) in [6.45, 7) is 3.69. The minimum atomic E-state index is -0.195. The van der Waals surface area contributed by atoms with Crippen molar-refractivity contribution in [3.8, 4) is 5.82 Å². The number of fused-ring (bicyclic) bond motifs is 1. The van der Waals surface area contributed by atoms with Gasteiger partial charge in [0.1, 0.15) is 11.6 Å². The summed E-state index contributed by atoms with van der Waals surface area (Å²) in [6.07, 6.45) is 1.88. The van der Waals surface area contributed by atoms with Crippen LogP contribution in [0.3, 0.4) is 0 Å². The number of para-hydroxylation sites is 1. The number of hydrogen-bond donors (Lipinski definition) is 1. The summed E-state index contributed by atoms with van der Waals surface area (Å²) >= 11 is 1.33. The molecule has 0 aliphatic heterocycles. The first-order chi connectivity index (χ1) is 14.5. The molecule has 1 aromatic carbocycles. The third-order valence-electron chi connectivity index (χ3n) is 4.33. The van der Waals surface area contributed by atoms with Crippen molar-refractivity contribution in [2.75, 3.05) is 11.1 Å². The maximum Gasteiger partial charge on any atom is 0.267 e. The van der Waals surface area contributed by atoms with Crippen LogP contribution in [-0.4, -0.2) is 31.4 Å². The van der Waals surface area contributed by atoms with Gasteiger partial charge in [0.25, 0.3) is 5.56 Å². The third kappa shape index (κ3) is 4.25. The molecule has 0 unspecified atom stereocenters. The fourth-order valence-electron chi connectivity index (χ4n) is 2.92. The largest absolute Gasteiger partial charge is 0.360 e. The second-order valence-corrected chi connectivity index (χ2v) is 7.77. The van der Waals surface area contributed by atoms with Crippen LogP contribution < -0.4 is 10.9 Å². The maximum atomic E-state index is 13.2. The Labute approximate surface area is 176 Å². The molecule has 0 atom stereocenters. The predicted molar refractivity (Wildman–Crippen MR) is 115 cm³/mol. The molecule has 1 N–H and O–H groups in total. The molecule has 0 aliphatic carbocycles. The van der Waals surface area contributed by atoms with Crippen LogP contribution in [0.4, 0.5) is 5.82 Å². The Hall–Kier alpha value is -3.46. The zero-order chi connectivity index (χ0) is 21.1. The van der Waals surface area contributed by atoms with E-state index in [2.05, 4.69) is 20.4 Å². The van der Waals surface area contributed by atoms with Gasteiger partial charge in [0.2, 0.25) is 5.91 Å². The minimum Gasteiger partial charge on any atom is -0.360 e. The molecule has 0 bridgehead atoms. The van der Waals surface area contributed by atoms with Crippen LogP contribution in [0, 0.1) is 13.8 Å². The number of pyridine rings is 1. The van der Waals surface area contributed by atoms with Gasteiger partial charge in [0.15, 0.2) is 11.0 Å². The molecular weight excluding hydrogens is 402 g/mol. The van der Waals surface area contributed by atoms with Crippen molar-refractivity contribution in [1.29, 1.82) is 0 Å². The smallest absolute Gasteiger partial charge is 0.267 e. The van der Waals surface area contributed by atoms with Crippen molar-refractivity contribution in [2.24, 2.45) is 0 Å². The fourth-order valence-corrected chi connectivity index (χ4v) is 3.86. The number of rotatable bonds is 6. The van der Waals surface area contributed by atoms with E-state index in [0.29, 0.717) is 39.2 Å². The van der Waals surface area contributed by atoms with E-state index < -0.39 is 0 Å². The highest BCUT2D eigenvalue weighted by Crippen LogP contribution is 2.21. The topological polar surface area (TPSA) is 103 Å². The summed E-state index contributed by atoms with van der Waals surface area (Å²) < 4.78 is 6.44. The van der Waals surface area contributed by atoms with Gasteiger partial charge >= 0.3 is 0 Å². The van der Waals surface area contributed by atoms with Crippen LogP contribution >= 0.6 is 11.8 Å². The van der Waals surface area contributed by atoms with Crippen LogP contribution in [0.25, 0.3) is 16.7 Å². The van der Waals surface area contributed by atoms with E-state index in [1.807, 2.05) is 31.2 Å². The third-order valence-corrected chi connectivity index (χ3v) is 5.27. The zero-order valence-electron chi connectivity index (χ0n) is 16.5. The number of nitrogens with one attached hydrogen (secondary N) is 1. The summed E-state index contributed by atoms with van der Waals surface area (Å²) in [5.41, 5.74) is 1.40. The quantitative estimate of drug-likeness (QED) is 0.375. The maximum absolute atomic E-state index is 13.2. The molecular formula is C21H19N5O3S. The second kappa shape index (κ2) is 8.50. The van der Waals surface area contributed by atoms with E-state index in [0.717, 1.165) is 5.56 Å². The van der Waals surface area contributed by atoms with Gasteiger partial charge in [-0.05, 0) is 43.7 Å². The Morgan fingerprint density at radius 3 is 2.80 bits per heavy atom. The Balaban J connectivity index is 1.60. The molecule has 30 heavy (non-hydrogen) atoms. The van der Waals surface area contributed by atoms with E-state index in [1.54, 1.807) is 31.3 Å². The van der Waals surface area contributed by atoms with Gasteiger partial charge in [-0.25, -0.2) is 14.5 Å². The molecule has 1 amide bonds. The van der Waals surface area contributed by atoms with Crippen molar-refractivity contribution >= 4 is 34.4 Å². The summed E-state index contributed by atoms with van der Waals surface area (Å²) in [4.78, 5) is 34.4. The zero-order valence-corrected chi connectivity index (χ0v) is 17.3. The van der Waals surface area contributed by atoms with Crippen LogP contribution in [0.1, 0.15) is 17.7 Å². The highest BCUT2D eigenvalue weighted by Gasteiger charge is 2.15. The second-order valence-electron chi connectivity index (χ2n) is 6.71. The molecule has 0 radical (unpaired) electrons. The SMILES string of the molecule is Cc1ccnc(-n2c(SCCC(=O)Nc3cc(C)on3)nc3ccccc3c2=O)c1. The van der Waals surface area contributed by atoms with Crippen molar-refractivity contribution < 1.29 is 9.32 Å². The first kappa shape index (κ1) is 19.8. The Bertz CT molecular complexity index is 1280. The summed E-state index contributed by atoms with van der Waals surface area (Å²) in [7, 11) is 0. The first-order valence-corrected chi connectivity index (χ1v) is 10.3. The van der Waals surface area contributed by atoms with Crippen molar-refractivity contribution in [3.63, 3.8) is 0 Å². The molecule has 3 aromatic heterocycles. The van der Waals surface area contributed by atoms with E-state index in [4.69, 9.17) is 4.52 Å². The summed E-state index contributed by atoms with van der Waals surface area (Å²) in [5, 5.41) is 7.44. The summed E-state index contributed by atoms with van der Waals surface area (Å²) in [5.74, 6) is 1.74. The molecule has 4 rings (SSSR count). The predicted octanol–water partition coefficient (Wildman–Crippen LogP) is 3.51. The average Bonchev–Trinajstić information content (AvgIpc) is 3.12. The fraction of sp³-hybridized carbons (Fsp3) is 0.190. The molecule has 0 spiro atoms. The van der Waals surface area contributed by atoms with E-state index in [9.17, 15) is 9.59 Å². The highest BCUT2D eigenvalue weighted by molar-refractivity contribution is 7.99. The first-order valence-electron chi connectivity index (χ1n) is 9.32. The van der Waals surface area contributed by atoms with E-state index >= 15 is 0 Å². The van der Waals surface area contributed by atoms with Gasteiger partial charge in [-0.3, -0.25) is 9.59 Å². The van der Waals surface area contributed by atoms with Crippen LogP contribution in [-0.2, 0) is 4.79 Å². The van der Waals surface area contributed by atoms with Gasteiger partial charge in [0.05, 0.1) is 10.9 Å². The lowest BCUT2D eigenvalue weighted by Gasteiger charge is -2.12. The van der Waals surface area contributed by atoms with Gasteiger partial charge in [-0.15, -0.1) is 0 Å².